The second-order valence-electron chi connectivity index (χ2n) is 10.6. The molecule has 12 heteroatoms. The molecule has 4 rings (SSSR count). The maximum atomic E-state index is 13.9. The lowest BCUT2D eigenvalue weighted by Gasteiger charge is -2.32. The minimum atomic E-state index is -1.32. The average molecular weight is 591 g/mol. The molecule has 2 aromatic carbocycles. The minimum Gasteiger partial charge on any atom is -0.393 e. The lowest BCUT2D eigenvalue weighted by atomic mass is 9.97. The Hall–Kier alpha value is -4.71. The van der Waals surface area contributed by atoms with E-state index in [-0.39, 0.29) is 43.1 Å². The summed E-state index contributed by atoms with van der Waals surface area (Å²) in [6.45, 7) is 2.25. The molecule has 1 saturated heterocycles. The number of halogens is 1. The fourth-order valence-corrected chi connectivity index (χ4v) is 4.90. The number of piperazine rings is 1. The Labute approximate surface area is 248 Å². The van der Waals surface area contributed by atoms with Crippen molar-refractivity contribution < 1.29 is 23.6 Å². The normalized spacial score (nSPS) is 14.2. The first-order valence-electron chi connectivity index (χ1n) is 14.1. The number of nitrogens with two attached hydrogens (primary N) is 1. The van der Waals surface area contributed by atoms with Crippen LogP contribution in [0.3, 0.4) is 0 Å². The summed E-state index contributed by atoms with van der Waals surface area (Å²) in [6, 6.07) is 12.9. The Balaban J connectivity index is 1.46. The number of Topliss-reactive ketones (excluding diaryl/α,β-unsaturated/α-hetero) is 2. The standard InChI is InChI=1S/C31H35FN6O5/c1-36-13-15-37(16-14-36)28(41)12-6-11-26(39)29(42)25(18-21-7-5-10-23(32)17-21)35-27(40)20-38-30(22-8-3-2-4-9-22)34-19-24(33)31(38)43/h2-5,7-10,17,19,25H,6,11-16,18,20,33H2,1H3,(H,35,40). The Bertz CT molecular complexity index is 1540. The van der Waals surface area contributed by atoms with Crippen molar-refractivity contribution in [2.75, 3.05) is 39.0 Å². The van der Waals surface area contributed by atoms with E-state index in [1.165, 1.54) is 24.4 Å². The number of benzene rings is 2. The van der Waals surface area contributed by atoms with Crippen molar-refractivity contribution in [2.45, 2.75) is 38.3 Å². The van der Waals surface area contributed by atoms with Gasteiger partial charge in [-0.15, -0.1) is 0 Å². The summed E-state index contributed by atoms with van der Waals surface area (Å²) in [5.74, 6) is -2.77. The van der Waals surface area contributed by atoms with E-state index in [0.29, 0.717) is 24.2 Å². The highest BCUT2D eigenvalue weighted by Crippen LogP contribution is 2.16. The van der Waals surface area contributed by atoms with Crippen LogP contribution in [0.5, 0.6) is 0 Å². The molecule has 1 unspecified atom stereocenters. The molecule has 1 fully saturated rings. The smallest absolute Gasteiger partial charge is 0.277 e. The van der Waals surface area contributed by atoms with Gasteiger partial charge >= 0.3 is 0 Å². The molecule has 2 amide bonds. The number of nitrogens with one attached hydrogen (secondary N) is 1. The van der Waals surface area contributed by atoms with Crippen LogP contribution in [0.1, 0.15) is 24.8 Å². The van der Waals surface area contributed by atoms with Crippen molar-refractivity contribution in [1.82, 2.24) is 24.7 Å². The summed E-state index contributed by atoms with van der Waals surface area (Å²) in [5.41, 5.74) is 5.94. The Kier molecular flexibility index (Phi) is 10.5. The van der Waals surface area contributed by atoms with E-state index in [2.05, 4.69) is 15.2 Å². The van der Waals surface area contributed by atoms with Crippen LogP contribution < -0.4 is 16.6 Å². The van der Waals surface area contributed by atoms with Crippen LogP contribution in [0.15, 0.2) is 65.6 Å². The number of carbonyl (C=O) groups is 4. The van der Waals surface area contributed by atoms with Crippen molar-refractivity contribution in [2.24, 2.45) is 0 Å². The van der Waals surface area contributed by atoms with E-state index in [1.54, 1.807) is 41.3 Å². The van der Waals surface area contributed by atoms with Gasteiger partial charge in [-0.2, -0.15) is 0 Å². The highest BCUT2D eigenvalue weighted by molar-refractivity contribution is 6.39. The van der Waals surface area contributed by atoms with Crippen molar-refractivity contribution in [3.63, 3.8) is 0 Å². The molecule has 2 heterocycles. The lowest BCUT2D eigenvalue weighted by molar-refractivity contribution is -0.139. The van der Waals surface area contributed by atoms with E-state index in [4.69, 9.17) is 5.73 Å². The summed E-state index contributed by atoms with van der Waals surface area (Å²) >= 11 is 0. The van der Waals surface area contributed by atoms with Crippen LogP contribution in [0, 0.1) is 5.82 Å². The van der Waals surface area contributed by atoms with Gasteiger partial charge in [0.2, 0.25) is 23.4 Å². The van der Waals surface area contributed by atoms with Gasteiger partial charge in [0.15, 0.2) is 0 Å². The number of nitrogen functional groups attached to an aromatic ring is 1. The van der Waals surface area contributed by atoms with Crippen molar-refractivity contribution in [3.8, 4) is 11.4 Å². The highest BCUT2D eigenvalue weighted by Gasteiger charge is 2.28. The number of rotatable bonds is 12. The number of carbonyl (C=O) groups excluding carboxylic acids is 4. The fourth-order valence-electron chi connectivity index (χ4n) is 4.90. The zero-order chi connectivity index (χ0) is 30.9. The van der Waals surface area contributed by atoms with Gasteiger partial charge in [0, 0.05) is 51.0 Å². The molecule has 3 N–H and O–H groups in total. The maximum Gasteiger partial charge on any atom is 0.277 e. The average Bonchev–Trinajstić information content (AvgIpc) is 2.99. The Morgan fingerprint density at radius 2 is 1.72 bits per heavy atom. The zero-order valence-electron chi connectivity index (χ0n) is 24.0. The summed E-state index contributed by atoms with van der Waals surface area (Å²) < 4.78 is 15.0. The van der Waals surface area contributed by atoms with Gasteiger partial charge < -0.3 is 20.9 Å². The number of amides is 2. The van der Waals surface area contributed by atoms with Crippen LogP contribution in [0.2, 0.25) is 0 Å². The summed E-state index contributed by atoms with van der Waals surface area (Å²) in [7, 11) is 1.98. The van der Waals surface area contributed by atoms with Gasteiger partial charge in [-0.05, 0) is 31.2 Å². The molecule has 3 aromatic rings. The number of hydrogen-bond donors (Lipinski definition) is 2. The van der Waals surface area contributed by atoms with Gasteiger partial charge in [-0.3, -0.25) is 28.5 Å². The molecule has 0 radical (unpaired) electrons. The lowest BCUT2D eigenvalue weighted by Crippen LogP contribution is -2.47. The number of nitrogens with zero attached hydrogens (tertiary/aromatic N) is 4. The monoisotopic (exact) mass is 590 g/mol. The molecule has 1 aliphatic heterocycles. The van der Waals surface area contributed by atoms with E-state index < -0.39 is 41.4 Å². The Morgan fingerprint density at radius 3 is 2.42 bits per heavy atom. The molecule has 0 spiro atoms. The van der Waals surface area contributed by atoms with Gasteiger partial charge in [0.05, 0.1) is 12.2 Å². The molecule has 0 saturated carbocycles. The van der Waals surface area contributed by atoms with E-state index in [9.17, 15) is 28.4 Å². The van der Waals surface area contributed by atoms with E-state index >= 15 is 0 Å². The molecule has 226 valence electrons. The first kappa shape index (κ1) is 31.2. The van der Waals surface area contributed by atoms with Gasteiger partial charge in [0.25, 0.3) is 5.56 Å². The van der Waals surface area contributed by atoms with Crippen LogP contribution in [-0.2, 0) is 32.1 Å². The van der Waals surface area contributed by atoms with Gasteiger partial charge in [-0.25, -0.2) is 9.37 Å². The fraction of sp³-hybridized carbons (Fsp3) is 0.355. The number of hydrogen-bond acceptors (Lipinski definition) is 8. The maximum absolute atomic E-state index is 13.9. The largest absolute Gasteiger partial charge is 0.393 e. The molecule has 0 bridgehead atoms. The minimum absolute atomic E-state index is 0.0756. The quantitative estimate of drug-likeness (QED) is 0.301. The van der Waals surface area contributed by atoms with Crippen LogP contribution in [0.4, 0.5) is 10.1 Å². The first-order chi connectivity index (χ1) is 20.6. The molecule has 43 heavy (non-hydrogen) atoms. The van der Waals surface area contributed by atoms with Gasteiger partial charge in [0.1, 0.15) is 23.9 Å². The first-order valence-corrected chi connectivity index (χ1v) is 14.1. The molecule has 1 aromatic heterocycles. The molecule has 11 nitrogen and oxygen atoms in total. The third-order valence-corrected chi connectivity index (χ3v) is 7.31. The van der Waals surface area contributed by atoms with E-state index in [1.807, 2.05) is 7.05 Å². The van der Waals surface area contributed by atoms with Crippen molar-refractivity contribution in [3.05, 3.63) is 82.5 Å². The zero-order valence-corrected chi connectivity index (χ0v) is 24.0. The highest BCUT2D eigenvalue weighted by atomic mass is 19.1. The molecule has 1 atom stereocenters. The molecular weight excluding hydrogens is 555 g/mol. The third-order valence-electron chi connectivity index (χ3n) is 7.31. The molecular formula is C31H35FN6O5. The van der Waals surface area contributed by atoms with Crippen molar-refractivity contribution >= 4 is 29.1 Å². The second-order valence-corrected chi connectivity index (χ2v) is 10.6. The third kappa shape index (κ3) is 8.41. The predicted molar refractivity (Wildman–Crippen MR) is 158 cm³/mol. The van der Waals surface area contributed by atoms with E-state index in [0.717, 1.165) is 17.7 Å². The topological polar surface area (TPSA) is 148 Å². The summed E-state index contributed by atoms with van der Waals surface area (Å²) in [6.07, 6.45) is 1.19. The predicted octanol–water partition coefficient (Wildman–Crippen LogP) is 1.44. The number of ketones is 2. The SMILES string of the molecule is CN1CCN(C(=O)CCCC(=O)C(=O)C(Cc2cccc(F)c2)NC(=O)Cn2c(-c3ccccc3)ncc(N)c2=O)CC1. The number of likely N-dealkylation sites (N-methyl/N-ethyl adjacent to an activating group) is 1. The van der Waals surface area contributed by atoms with Crippen LogP contribution in [0.25, 0.3) is 11.4 Å². The molecule has 1 aliphatic rings. The van der Waals surface area contributed by atoms with Gasteiger partial charge in [-0.1, -0.05) is 42.5 Å². The summed E-state index contributed by atoms with van der Waals surface area (Å²) in [4.78, 5) is 73.0. The molecule has 0 aliphatic carbocycles. The Morgan fingerprint density at radius 1 is 1.00 bits per heavy atom. The van der Waals surface area contributed by atoms with Crippen LogP contribution in [-0.4, -0.2) is 82.0 Å². The van der Waals surface area contributed by atoms with Crippen LogP contribution >= 0.6 is 0 Å². The van der Waals surface area contributed by atoms with Crippen molar-refractivity contribution in [1.29, 1.82) is 0 Å². The summed E-state index contributed by atoms with van der Waals surface area (Å²) in [5, 5.41) is 2.55. The number of anilines is 1. The number of aromatic nitrogens is 2. The second kappa shape index (κ2) is 14.5.